The highest BCUT2D eigenvalue weighted by atomic mass is 32.2. The van der Waals surface area contributed by atoms with Crippen LogP contribution < -0.4 is 5.32 Å². The SMILES string of the molecule is CC(NC(=O)c1ccc2c(c1)S(=O)(=O)c1ccccc1C2=O)c1ccccc1F. The largest absolute Gasteiger partial charge is 0.345 e. The van der Waals surface area contributed by atoms with E-state index in [2.05, 4.69) is 5.32 Å². The zero-order valence-electron chi connectivity index (χ0n) is 15.3. The zero-order chi connectivity index (χ0) is 20.8. The molecule has 1 aliphatic heterocycles. The van der Waals surface area contributed by atoms with Crippen molar-refractivity contribution >= 4 is 21.5 Å². The van der Waals surface area contributed by atoms with E-state index in [9.17, 15) is 22.4 Å². The number of sulfone groups is 1. The van der Waals surface area contributed by atoms with E-state index in [1.165, 1.54) is 36.4 Å². The minimum atomic E-state index is -3.94. The third-order valence-electron chi connectivity index (χ3n) is 4.92. The molecule has 1 heterocycles. The molecule has 0 spiro atoms. The predicted octanol–water partition coefficient (Wildman–Crippen LogP) is 3.69. The second kappa shape index (κ2) is 6.93. The van der Waals surface area contributed by atoms with Crippen LogP contribution in [0.25, 0.3) is 0 Å². The third kappa shape index (κ3) is 3.13. The molecule has 146 valence electrons. The maximum atomic E-state index is 13.9. The van der Waals surface area contributed by atoms with Crippen LogP contribution in [0.5, 0.6) is 0 Å². The lowest BCUT2D eigenvalue weighted by atomic mass is 10.0. The van der Waals surface area contributed by atoms with Gasteiger partial charge in [-0.05, 0) is 43.3 Å². The normalized spacial score (nSPS) is 15.2. The van der Waals surface area contributed by atoms with E-state index >= 15 is 0 Å². The molecule has 0 aliphatic carbocycles. The second-order valence-electron chi connectivity index (χ2n) is 6.76. The van der Waals surface area contributed by atoms with Crippen LogP contribution in [0.1, 0.15) is 44.8 Å². The summed E-state index contributed by atoms with van der Waals surface area (Å²) in [7, 11) is -3.94. The average molecular weight is 409 g/mol. The lowest BCUT2D eigenvalue weighted by molar-refractivity contribution is 0.0937. The molecule has 7 heteroatoms. The van der Waals surface area contributed by atoms with Crippen molar-refractivity contribution in [2.24, 2.45) is 0 Å². The van der Waals surface area contributed by atoms with Gasteiger partial charge in [-0.15, -0.1) is 0 Å². The smallest absolute Gasteiger partial charge is 0.251 e. The van der Waals surface area contributed by atoms with E-state index in [0.29, 0.717) is 5.56 Å². The summed E-state index contributed by atoms with van der Waals surface area (Å²) in [6.07, 6.45) is 0. The van der Waals surface area contributed by atoms with Crippen molar-refractivity contribution in [3.05, 3.63) is 94.8 Å². The van der Waals surface area contributed by atoms with Crippen LogP contribution in [0, 0.1) is 5.82 Å². The Balaban J connectivity index is 1.70. The molecule has 3 aromatic rings. The van der Waals surface area contributed by atoms with Gasteiger partial charge in [-0.25, -0.2) is 12.8 Å². The number of carbonyl (C=O) groups excluding carboxylic acids is 2. The number of hydrogen-bond acceptors (Lipinski definition) is 4. The van der Waals surface area contributed by atoms with Crippen molar-refractivity contribution in [1.82, 2.24) is 5.32 Å². The maximum Gasteiger partial charge on any atom is 0.251 e. The van der Waals surface area contributed by atoms with Gasteiger partial charge in [0.05, 0.1) is 15.8 Å². The van der Waals surface area contributed by atoms with Gasteiger partial charge in [0.15, 0.2) is 5.78 Å². The molecule has 1 aliphatic rings. The summed E-state index contributed by atoms with van der Waals surface area (Å²) in [6.45, 7) is 1.63. The zero-order valence-corrected chi connectivity index (χ0v) is 16.2. The number of rotatable bonds is 3. The molecular weight excluding hydrogens is 393 g/mol. The highest BCUT2D eigenvalue weighted by Gasteiger charge is 2.35. The predicted molar refractivity (Wildman–Crippen MR) is 104 cm³/mol. The van der Waals surface area contributed by atoms with Gasteiger partial charge < -0.3 is 5.32 Å². The molecule has 1 unspecified atom stereocenters. The van der Waals surface area contributed by atoms with Crippen molar-refractivity contribution in [2.45, 2.75) is 22.8 Å². The Morgan fingerprint density at radius 2 is 1.59 bits per heavy atom. The molecule has 4 rings (SSSR count). The lowest BCUT2D eigenvalue weighted by Crippen LogP contribution is -2.28. The fraction of sp³-hybridized carbons (Fsp3) is 0.0909. The second-order valence-corrected chi connectivity index (χ2v) is 8.64. The number of carbonyl (C=O) groups is 2. The molecule has 3 aromatic carbocycles. The fourth-order valence-electron chi connectivity index (χ4n) is 3.41. The van der Waals surface area contributed by atoms with Crippen molar-refractivity contribution in [1.29, 1.82) is 0 Å². The summed E-state index contributed by atoms with van der Waals surface area (Å²) in [6, 6.07) is 15.4. The van der Waals surface area contributed by atoms with Crippen LogP contribution in [0.3, 0.4) is 0 Å². The molecule has 0 saturated carbocycles. The van der Waals surface area contributed by atoms with Crippen molar-refractivity contribution in [2.75, 3.05) is 0 Å². The Hall–Kier alpha value is -3.32. The van der Waals surface area contributed by atoms with Crippen molar-refractivity contribution < 1.29 is 22.4 Å². The maximum absolute atomic E-state index is 13.9. The molecule has 0 aromatic heterocycles. The van der Waals surface area contributed by atoms with Gasteiger partial charge in [-0.2, -0.15) is 0 Å². The summed E-state index contributed by atoms with van der Waals surface area (Å²) in [5.41, 5.74) is 0.533. The first kappa shape index (κ1) is 19.0. The quantitative estimate of drug-likeness (QED) is 0.560. The van der Waals surface area contributed by atoms with E-state index in [1.807, 2.05) is 0 Å². The number of halogens is 1. The van der Waals surface area contributed by atoms with Gasteiger partial charge >= 0.3 is 0 Å². The van der Waals surface area contributed by atoms with Crippen LogP contribution in [0.4, 0.5) is 4.39 Å². The first-order valence-corrected chi connectivity index (χ1v) is 10.4. The number of fused-ring (bicyclic) bond motifs is 2. The van der Waals surface area contributed by atoms with E-state index in [-0.39, 0.29) is 26.5 Å². The fourth-order valence-corrected chi connectivity index (χ4v) is 5.09. The Kier molecular flexibility index (Phi) is 4.55. The summed E-state index contributed by atoms with van der Waals surface area (Å²) in [5.74, 6) is -1.42. The molecule has 0 radical (unpaired) electrons. The summed E-state index contributed by atoms with van der Waals surface area (Å²) in [4.78, 5) is 25.0. The van der Waals surface area contributed by atoms with E-state index < -0.39 is 33.4 Å². The number of nitrogens with one attached hydrogen (secondary N) is 1. The third-order valence-corrected chi connectivity index (χ3v) is 6.77. The number of amides is 1. The number of ketones is 1. The van der Waals surface area contributed by atoms with Gasteiger partial charge in [-0.3, -0.25) is 9.59 Å². The monoisotopic (exact) mass is 409 g/mol. The van der Waals surface area contributed by atoms with Gasteiger partial charge in [0.2, 0.25) is 9.84 Å². The Morgan fingerprint density at radius 1 is 0.931 bits per heavy atom. The molecule has 29 heavy (non-hydrogen) atoms. The Morgan fingerprint density at radius 3 is 2.34 bits per heavy atom. The van der Waals surface area contributed by atoms with Gasteiger partial charge in [0, 0.05) is 22.3 Å². The first-order valence-electron chi connectivity index (χ1n) is 8.89. The molecule has 0 bridgehead atoms. The molecule has 1 N–H and O–H groups in total. The summed E-state index contributed by atoms with van der Waals surface area (Å²) < 4.78 is 39.9. The van der Waals surface area contributed by atoms with Crippen LogP contribution in [-0.4, -0.2) is 20.1 Å². The Bertz CT molecular complexity index is 1270. The van der Waals surface area contributed by atoms with Gasteiger partial charge in [0.1, 0.15) is 5.82 Å². The average Bonchev–Trinajstić information content (AvgIpc) is 2.72. The van der Waals surface area contributed by atoms with E-state index in [1.54, 1.807) is 37.3 Å². The standard InChI is InChI=1S/C22H16FNO4S/c1-13(15-6-2-4-8-18(15)23)24-22(26)14-10-11-17-20(12-14)29(27,28)19-9-5-3-7-16(19)21(17)25/h2-13H,1H3,(H,24,26). The topological polar surface area (TPSA) is 80.3 Å². The number of benzene rings is 3. The van der Waals surface area contributed by atoms with E-state index in [0.717, 1.165) is 0 Å². The summed E-state index contributed by atoms with van der Waals surface area (Å²) in [5, 5.41) is 2.66. The minimum Gasteiger partial charge on any atom is -0.345 e. The van der Waals surface area contributed by atoms with Crippen molar-refractivity contribution in [3.8, 4) is 0 Å². The van der Waals surface area contributed by atoms with Crippen LogP contribution in [0.15, 0.2) is 76.5 Å². The molecule has 0 saturated heterocycles. The van der Waals surface area contributed by atoms with Gasteiger partial charge in [0.25, 0.3) is 5.91 Å². The highest BCUT2D eigenvalue weighted by molar-refractivity contribution is 7.91. The molecular formula is C22H16FNO4S. The lowest BCUT2D eigenvalue weighted by Gasteiger charge is -2.20. The molecule has 5 nitrogen and oxygen atoms in total. The highest BCUT2D eigenvalue weighted by Crippen LogP contribution is 2.34. The Labute approximate surface area is 167 Å². The van der Waals surface area contributed by atoms with E-state index in [4.69, 9.17) is 0 Å². The van der Waals surface area contributed by atoms with Gasteiger partial charge in [-0.1, -0.05) is 30.3 Å². The molecule has 0 fully saturated rings. The number of hydrogen-bond donors (Lipinski definition) is 1. The van der Waals surface area contributed by atoms with Crippen LogP contribution in [0.2, 0.25) is 0 Å². The molecule has 1 atom stereocenters. The summed E-state index contributed by atoms with van der Waals surface area (Å²) >= 11 is 0. The van der Waals surface area contributed by atoms with Crippen LogP contribution >= 0.6 is 0 Å². The van der Waals surface area contributed by atoms with Crippen molar-refractivity contribution in [3.63, 3.8) is 0 Å². The molecule has 1 amide bonds. The minimum absolute atomic E-state index is 0.0300. The first-order chi connectivity index (χ1) is 13.8. The van der Waals surface area contributed by atoms with Crippen LogP contribution in [-0.2, 0) is 9.84 Å².